The minimum absolute atomic E-state index is 0.0200. The van der Waals surface area contributed by atoms with Gasteiger partial charge in [0.2, 0.25) is 0 Å². The van der Waals surface area contributed by atoms with Crippen molar-refractivity contribution in [2.45, 2.75) is 13.3 Å². The van der Waals surface area contributed by atoms with Gasteiger partial charge in [-0.25, -0.2) is 8.78 Å². The van der Waals surface area contributed by atoms with Gasteiger partial charge in [-0.3, -0.25) is 10.1 Å². The van der Waals surface area contributed by atoms with Crippen LogP contribution in [0.25, 0.3) is 0 Å². The smallest absolute Gasteiger partial charge is 0.288 e. The SMILES string of the molecule is Cc1cc([N+](=O)[O-])c(Cl)cc1NCCOCC(F)F. The van der Waals surface area contributed by atoms with Crippen LogP contribution in [0.3, 0.4) is 0 Å². The van der Waals surface area contributed by atoms with Gasteiger partial charge < -0.3 is 10.1 Å². The number of nitro benzene ring substituents is 1. The maximum Gasteiger partial charge on any atom is 0.288 e. The quantitative estimate of drug-likeness (QED) is 0.476. The molecular formula is C11H13ClF2N2O3. The number of rotatable bonds is 7. The van der Waals surface area contributed by atoms with E-state index >= 15 is 0 Å². The van der Waals surface area contributed by atoms with E-state index in [1.807, 2.05) is 0 Å². The molecule has 0 atom stereocenters. The molecule has 0 aliphatic carbocycles. The summed E-state index contributed by atoms with van der Waals surface area (Å²) < 4.78 is 28.3. The Morgan fingerprint density at radius 2 is 2.21 bits per heavy atom. The van der Waals surface area contributed by atoms with Gasteiger partial charge in [-0.1, -0.05) is 11.6 Å². The van der Waals surface area contributed by atoms with Gasteiger partial charge in [0.25, 0.3) is 12.1 Å². The first kappa shape index (κ1) is 15.6. The standard InChI is InChI=1S/C11H13ClF2N2O3/c1-7-4-10(16(17)18)8(12)5-9(7)15-2-3-19-6-11(13)14/h4-5,11,15H,2-3,6H2,1H3. The first-order valence-corrected chi connectivity index (χ1v) is 5.84. The van der Waals surface area contributed by atoms with Gasteiger partial charge in [-0.2, -0.15) is 0 Å². The highest BCUT2D eigenvalue weighted by Crippen LogP contribution is 2.30. The van der Waals surface area contributed by atoms with Crippen molar-refractivity contribution in [3.63, 3.8) is 0 Å². The molecule has 8 heteroatoms. The predicted octanol–water partition coefficient (Wildman–Crippen LogP) is 3.25. The summed E-state index contributed by atoms with van der Waals surface area (Å²) in [6.07, 6.45) is -2.49. The minimum Gasteiger partial charge on any atom is -0.382 e. The Morgan fingerprint density at radius 1 is 1.53 bits per heavy atom. The van der Waals surface area contributed by atoms with Crippen molar-refractivity contribution in [1.29, 1.82) is 0 Å². The molecule has 0 saturated heterocycles. The molecule has 0 fully saturated rings. The van der Waals surface area contributed by atoms with E-state index in [0.717, 1.165) is 0 Å². The summed E-state index contributed by atoms with van der Waals surface area (Å²) in [7, 11) is 0. The molecule has 0 bridgehead atoms. The highest BCUT2D eigenvalue weighted by Gasteiger charge is 2.14. The Hall–Kier alpha value is -1.47. The van der Waals surface area contributed by atoms with Crippen molar-refractivity contribution in [3.05, 3.63) is 32.8 Å². The Bertz CT molecular complexity index is 458. The third-order valence-electron chi connectivity index (χ3n) is 2.30. The highest BCUT2D eigenvalue weighted by atomic mass is 35.5. The van der Waals surface area contributed by atoms with Crippen LogP contribution in [0.5, 0.6) is 0 Å². The van der Waals surface area contributed by atoms with Crippen LogP contribution in [0.4, 0.5) is 20.2 Å². The van der Waals surface area contributed by atoms with Gasteiger partial charge in [0.15, 0.2) is 0 Å². The molecule has 1 N–H and O–H groups in total. The molecule has 106 valence electrons. The number of alkyl halides is 2. The molecule has 0 unspecified atom stereocenters. The molecule has 0 saturated carbocycles. The number of anilines is 1. The topological polar surface area (TPSA) is 64.4 Å². The second-order valence-electron chi connectivity index (χ2n) is 3.77. The maximum absolute atomic E-state index is 11.8. The first-order valence-electron chi connectivity index (χ1n) is 5.46. The van der Waals surface area contributed by atoms with Crippen molar-refractivity contribution >= 4 is 23.0 Å². The van der Waals surface area contributed by atoms with Crippen LogP contribution in [0.2, 0.25) is 5.02 Å². The van der Waals surface area contributed by atoms with Crippen LogP contribution in [0.15, 0.2) is 12.1 Å². The summed E-state index contributed by atoms with van der Waals surface area (Å²) in [6, 6.07) is 2.78. The van der Waals surface area contributed by atoms with Gasteiger partial charge in [0.1, 0.15) is 11.6 Å². The van der Waals surface area contributed by atoms with Crippen LogP contribution in [-0.2, 0) is 4.74 Å². The number of halogens is 3. The summed E-state index contributed by atoms with van der Waals surface area (Å²) in [5.74, 6) is 0. The lowest BCUT2D eigenvalue weighted by atomic mass is 10.2. The van der Waals surface area contributed by atoms with Crippen LogP contribution < -0.4 is 5.32 Å². The number of hydrogen-bond acceptors (Lipinski definition) is 4. The van der Waals surface area contributed by atoms with Crippen LogP contribution in [0.1, 0.15) is 5.56 Å². The van der Waals surface area contributed by atoms with E-state index in [4.69, 9.17) is 16.3 Å². The predicted molar refractivity (Wildman–Crippen MR) is 68.2 cm³/mol. The normalized spacial score (nSPS) is 10.8. The van der Waals surface area contributed by atoms with Crippen LogP contribution in [-0.4, -0.2) is 31.1 Å². The molecule has 0 heterocycles. The Labute approximate surface area is 113 Å². The fraction of sp³-hybridized carbons (Fsp3) is 0.455. The monoisotopic (exact) mass is 294 g/mol. The van der Waals surface area contributed by atoms with E-state index in [2.05, 4.69) is 5.32 Å². The summed E-state index contributed by atoms with van der Waals surface area (Å²) >= 11 is 5.77. The zero-order valence-corrected chi connectivity index (χ0v) is 10.9. The van der Waals surface area contributed by atoms with Crippen LogP contribution >= 0.6 is 11.6 Å². The maximum atomic E-state index is 11.8. The molecule has 0 aromatic heterocycles. The Kier molecular flexibility index (Phi) is 5.91. The Morgan fingerprint density at radius 3 is 2.79 bits per heavy atom. The number of nitro groups is 1. The lowest BCUT2D eigenvalue weighted by Crippen LogP contribution is -2.13. The summed E-state index contributed by atoms with van der Waals surface area (Å²) in [4.78, 5) is 10.1. The van der Waals surface area contributed by atoms with Crippen molar-refractivity contribution < 1.29 is 18.4 Å². The van der Waals surface area contributed by atoms with Crippen molar-refractivity contribution in [3.8, 4) is 0 Å². The molecule has 0 spiro atoms. The molecule has 1 aromatic carbocycles. The Balaban J connectivity index is 2.55. The molecule has 0 radical (unpaired) electrons. The molecule has 1 rings (SSSR count). The van der Waals surface area contributed by atoms with E-state index in [1.165, 1.54) is 12.1 Å². The fourth-order valence-corrected chi connectivity index (χ4v) is 1.66. The van der Waals surface area contributed by atoms with E-state index in [9.17, 15) is 18.9 Å². The zero-order chi connectivity index (χ0) is 14.4. The third-order valence-corrected chi connectivity index (χ3v) is 2.60. The molecule has 19 heavy (non-hydrogen) atoms. The van der Waals surface area contributed by atoms with Crippen molar-refractivity contribution in [2.24, 2.45) is 0 Å². The number of hydrogen-bond donors (Lipinski definition) is 1. The largest absolute Gasteiger partial charge is 0.382 e. The molecular weight excluding hydrogens is 282 g/mol. The first-order chi connectivity index (χ1) is 8.91. The molecule has 5 nitrogen and oxygen atoms in total. The van der Waals surface area contributed by atoms with E-state index in [0.29, 0.717) is 17.8 Å². The van der Waals surface area contributed by atoms with Crippen molar-refractivity contribution in [2.75, 3.05) is 25.1 Å². The fourth-order valence-electron chi connectivity index (χ4n) is 1.43. The number of ether oxygens (including phenoxy) is 1. The van der Waals surface area contributed by atoms with E-state index < -0.39 is 18.0 Å². The third kappa shape index (κ3) is 4.96. The lowest BCUT2D eigenvalue weighted by molar-refractivity contribution is -0.384. The van der Waals surface area contributed by atoms with Crippen LogP contribution in [0, 0.1) is 17.0 Å². The van der Waals surface area contributed by atoms with E-state index in [1.54, 1.807) is 6.92 Å². The molecule has 0 aliphatic rings. The molecule has 0 amide bonds. The average molecular weight is 295 g/mol. The number of benzene rings is 1. The van der Waals surface area contributed by atoms with Gasteiger partial charge in [-0.05, 0) is 18.6 Å². The van der Waals surface area contributed by atoms with Gasteiger partial charge in [0.05, 0.1) is 11.5 Å². The second kappa shape index (κ2) is 7.20. The van der Waals surface area contributed by atoms with Gasteiger partial charge >= 0.3 is 0 Å². The summed E-state index contributed by atoms with van der Waals surface area (Å²) in [5, 5.41) is 13.6. The van der Waals surface area contributed by atoms with E-state index in [-0.39, 0.29) is 17.3 Å². The van der Waals surface area contributed by atoms with Gasteiger partial charge in [-0.15, -0.1) is 0 Å². The number of nitrogens with zero attached hydrogens (tertiary/aromatic N) is 1. The van der Waals surface area contributed by atoms with Crippen molar-refractivity contribution in [1.82, 2.24) is 0 Å². The average Bonchev–Trinajstić information content (AvgIpc) is 2.31. The molecule has 1 aromatic rings. The van der Waals surface area contributed by atoms with Gasteiger partial charge in [0, 0.05) is 18.3 Å². The highest BCUT2D eigenvalue weighted by molar-refractivity contribution is 6.33. The summed E-state index contributed by atoms with van der Waals surface area (Å²) in [6.45, 7) is 1.49. The molecule has 0 aliphatic heterocycles. The zero-order valence-electron chi connectivity index (χ0n) is 10.2. The number of nitrogens with one attached hydrogen (secondary N) is 1. The lowest BCUT2D eigenvalue weighted by Gasteiger charge is -2.10. The minimum atomic E-state index is -2.49. The second-order valence-corrected chi connectivity index (χ2v) is 4.18. The number of aryl methyl sites for hydroxylation is 1. The summed E-state index contributed by atoms with van der Waals surface area (Å²) in [5.41, 5.74) is 1.08.